The van der Waals surface area contributed by atoms with Gasteiger partial charge in [-0.25, -0.2) is 9.59 Å². The van der Waals surface area contributed by atoms with E-state index in [2.05, 4.69) is 11.7 Å². The molecule has 4 nitrogen and oxygen atoms in total. The highest BCUT2D eigenvalue weighted by molar-refractivity contribution is 5.84. The second kappa shape index (κ2) is 10.2. The number of allylic oxidation sites excluding steroid dienone is 1. The highest BCUT2D eigenvalue weighted by atomic mass is 16.6. The summed E-state index contributed by atoms with van der Waals surface area (Å²) in [6.45, 7) is 3.91. The van der Waals surface area contributed by atoms with Gasteiger partial charge in [0.1, 0.15) is 0 Å². The Labute approximate surface area is 96.6 Å². The number of unbranched alkanes of at least 4 members (excludes halogenated alkanes) is 3. The molecule has 0 aromatic heterocycles. The normalized spacial score (nSPS) is 10.4. The summed E-state index contributed by atoms with van der Waals surface area (Å²) in [4.78, 5) is 21.9. The lowest BCUT2D eigenvalue weighted by Crippen LogP contribution is -2.15. The summed E-state index contributed by atoms with van der Waals surface area (Å²) in [6.07, 6.45) is 7.03. The number of esters is 2. The first-order valence-corrected chi connectivity index (χ1v) is 5.65. The van der Waals surface area contributed by atoms with Crippen molar-refractivity contribution < 1.29 is 19.1 Å². The summed E-state index contributed by atoms with van der Waals surface area (Å²) in [5, 5.41) is 0. The van der Waals surface area contributed by atoms with Crippen LogP contribution >= 0.6 is 0 Å². The Bertz CT molecular complexity index is 233. The van der Waals surface area contributed by atoms with E-state index in [-0.39, 0.29) is 6.61 Å². The minimum absolute atomic E-state index is 0.309. The molecular weight excluding hydrogens is 208 g/mol. The van der Waals surface area contributed by atoms with Gasteiger partial charge < -0.3 is 9.47 Å². The Morgan fingerprint density at radius 1 is 1.12 bits per heavy atom. The predicted molar refractivity (Wildman–Crippen MR) is 60.9 cm³/mol. The molecule has 0 atom stereocenters. The Morgan fingerprint density at radius 2 is 1.88 bits per heavy atom. The molecule has 16 heavy (non-hydrogen) atoms. The van der Waals surface area contributed by atoms with Gasteiger partial charge in [-0.2, -0.15) is 0 Å². The fraction of sp³-hybridized carbons (Fsp3) is 0.667. The second-order valence-electron chi connectivity index (χ2n) is 3.39. The third-order valence-electron chi connectivity index (χ3n) is 1.90. The van der Waals surface area contributed by atoms with E-state index in [0.717, 1.165) is 25.7 Å². The first-order valence-electron chi connectivity index (χ1n) is 5.65. The van der Waals surface area contributed by atoms with Crippen LogP contribution in [0.15, 0.2) is 12.2 Å². The van der Waals surface area contributed by atoms with E-state index >= 15 is 0 Å². The van der Waals surface area contributed by atoms with E-state index in [1.54, 1.807) is 13.0 Å². The number of hydrogen-bond donors (Lipinski definition) is 0. The van der Waals surface area contributed by atoms with E-state index in [1.165, 1.54) is 6.08 Å². The van der Waals surface area contributed by atoms with Gasteiger partial charge in [0, 0.05) is 6.08 Å². The van der Waals surface area contributed by atoms with Gasteiger partial charge in [0.2, 0.25) is 0 Å². The summed E-state index contributed by atoms with van der Waals surface area (Å²) in [6, 6.07) is 0. The van der Waals surface area contributed by atoms with Crippen molar-refractivity contribution in [3.05, 3.63) is 12.2 Å². The molecule has 0 aliphatic heterocycles. The minimum Gasteiger partial charge on any atom is -0.463 e. The van der Waals surface area contributed by atoms with Crippen LogP contribution in [0.3, 0.4) is 0 Å². The van der Waals surface area contributed by atoms with Crippen molar-refractivity contribution in [2.24, 2.45) is 0 Å². The van der Waals surface area contributed by atoms with Gasteiger partial charge in [-0.15, -0.1) is 0 Å². The van der Waals surface area contributed by atoms with Gasteiger partial charge in [0.15, 0.2) is 6.61 Å². The zero-order chi connectivity index (χ0) is 12.2. The molecule has 0 unspecified atom stereocenters. The monoisotopic (exact) mass is 228 g/mol. The average molecular weight is 228 g/mol. The Morgan fingerprint density at radius 3 is 2.50 bits per heavy atom. The SMILES string of the molecule is C/C=C\C(=O)OCC(=O)OCCCCCC. The zero-order valence-electron chi connectivity index (χ0n) is 10.0. The first kappa shape index (κ1) is 14.7. The maximum atomic E-state index is 11.1. The molecule has 0 aliphatic carbocycles. The molecule has 0 saturated heterocycles. The van der Waals surface area contributed by atoms with E-state index in [9.17, 15) is 9.59 Å². The van der Waals surface area contributed by atoms with E-state index in [1.807, 2.05) is 0 Å². The van der Waals surface area contributed by atoms with Crippen LogP contribution in [-0.2, 0) is 19.1 Å². The Balaban J connectivity index is 3.41. The molecule has 0 bridgehead atoms. The largest absolute Gasteiger partial charge is 0.463 e. The second-order valence-corrected chi connectivity index (χ2v) is 3.39. The van der Waals surface area contributed by atoms with E-state index in [0.29, 0.717) is 6.61 Å². The Hall–Kier alpha value is -1.32. The molecular formula is C12H20O4. The summed E-state index contributed by atoms with van der Waals surface area (Å²) in [7, 11) is 0. The number of carbonyl (C=O) groups excluding carboxylic acids is 2. The predicted octanol–water partition coefficient (Wildman–Crippen LogP) is 2.23. The van der Waals surface area contributed by atoms with Gasteiger partial charge in [0.05, 0.1) is 6.61 Å². The summed E-state index contributed by atoms with van der Waals surface area (Å²) < 4.78 is 9.50. The van der Waals surface area contributed by atoms with Crippen molar-refractivity contribution >= 4 is 11.9 Å². The molecule has 4 heteroatoms. The fourth-order valence-corrected chi connectivity index (χ4v) is 1.07. The van der Waals surface area contributed by atoms with Crippen LogP contribution in [0.5, 0.6) is 0 Å². The van der Waals surface area contributed by atoms with Crippen molar-refractivity contribution in [2.75, 3.05) is 13.2 Å². The van der Waals surface area contributed by atoms with Crippen LogP contribution in [0, 0.1) is 0 Å². The van der Waals surface area contributed by atoms with Gasteiger partial charge in [0.25, 0.3) is 0 Å². The van der Waals surface area contributed by atoms with Crippen LogP contribution in [0.4, 0.5) is 0 Å². The third-order valence-corrected chi connectivity index (χ3v) is 1.90. The molecule has 0 heterocycles. The maximum absolute atomic E-state index is 11.1. The lowest BCUT2D eigenvalue weighted by atomic mass is 10.2. The van der Waals surface area contributed by atoms with Crippen molar-refractivity contribution in [1.29, 1.82) is 0 Å². The third kappa shape index (κ3) is 9.24. The molecule has 0 N–H and O–H groups in total. The standard InChI is InChI=1S/C12H20O4/c1-3-5-6-7-9-15-12(14)10-16-11(13)8-4-2/h4,8H,3,5-7,9-10H2,1-2H3/b8-4-. The number of carbonyl (C=O) groups is 2. The molecule has 0 aromatic carbocycles. The molecule has 0 aromatic rings. The highest BCUT2D eigenvalue weighted by Gasteiger charge is 2.05. The van der Waals surface area contributed by atoms with E-state index in [4.69, 9.17) is 4.74 Å². The van der Waals surface area contributed by atoms with Crippen LogP contribution in [0.25, 0.3) is 0 Å². The van der Waals surface area contributed by atoms with Crippen LogP contribution in [0.1, 0.15) is 39.5 Å². The molecule has 0 radical (unpaired) electrons. The first-order chi connectivity index (χ1) is 7.70. The molecule has 0 aliphatic rings. The highest BCUT2D eigenvalue weighted by Crippen LogP contribution is 1.99. The smallest absolute Gasteiger partial charge is 0.344 e. The van der Waals surface area contributed by atoms with Crippen molar-refractivity contribution in [3.8, 4) is 0 Å². The maximum Gasteiger partial charge on any atom is 0.344 e. The average Bonchev–Trinajstić information content (AvgIpc) is 2.26. The van der Waals surface area contributed by atoms with Gasteiger partial charge >= 0.3 is 11.9 Å². The van der Waals surface area contributed by atoms with Crippen molar-refractivity contribution in [2.45, 2.75) is 39.5 Å². The van der Waals surface area contributed by atoms with Gasteiger partial charge in [-0.05, 0) is 13.3 Å². The molecule has 92 valence electrons. The van der Waals surface area contributed by atoms with Crippen LogP contribution in [0.2, 0.25) is 0 Å². The topological polar surface area (TPSA) is 52.6 Å². The minimum atomic E-state index is -0.523. The van der Waals surface area contributed by atoms with Gasteiger partial charge in [-0.1, -0.05) is 32.3 Å². The van der Waals surface area contributed by atoms with E-state index < -0.39 is 11.9 Å². The number of rotatable bonds is 8. The quantitative estimate of drug-likeness (QED) is 0.363. The number of ether oxygens (including phenoxy) is 2. The number of hydrogen-bond acceptors (Lipinski definition) is 4. The molecule has 0 spiro atoms. The van der Waals surface area contributed by atoms with Crippen molar-refractivity contribution in [1.82, 2.24) is 0 Å². The summed E-state index contributed by atoms with van der Waals surface area (Å²) >= 11 is 0. The lowest BCUT2D eigenvalue weighted by Gasteiger charge is -2.04. The molecule has 0 amide bonds. The van der Waals surface area contributed by atoms with Gasteiger partial charge in [-0.3, -0.25) is 0 Å². The molecule has 0 rings (SSSR count). The summed E-state index contributed by atoms with van der Waals surface area (Å²) in [5.41, 5.74) is 0. The molecule has 0 saturated carbocycles. The van der Waals surface area contributed by atoms with Crippen molar-refractivity contribution in [3.63, 3.8) is 0 Å². The van der Waals surface area contributed by atoms with Crippen LogP contribution in [-0.4, -0.2) is 25.2 Å². The Kier molecular flexibility index (Phi) is 9.36. The zero-order valence-corrected chi connectivity index (χ0v) is 10.0. The lowest BCUT2D eigenvalue weighted by molar-refractivity contribution is -0.156. The molecule has 0 fully saturated rings. The van der Waals surface area contributed by atoms with Crippen LogP contribution < -0.4 is 0 Å². The fourth-order valence-electron chi connectivity index (χ4n) is 1.07. The summed E-state index contributed by atoms with van der Waals surface area (Å²) in [5.74, 6) is -1.01.